The van der Waals surface area contributed by atoms with Crippen molar-refractivity contribution in [2.75, 3.05) is 5.32 Å². The average Bonchev–Trinajstić information content (AvgIpc) is 2.90. The lowest BCUT2D eigenvalue weighted by molar-refractivity contribution is -0.137. The van der Waals surface area contributed by atoms with E-state index in [1.54, 1.807) is 6.92 Å². The molecule has 2 N–H and O–H groups in total. The highest BCUT2D eigenvalue weighted by atomic mass is 19.4. The SMILES string of the molecule is CCn1c(NC(C)=O)nc2[nH]c(=O)n(Cc3ccc(C(F)(F)F)cc3)c2c1=O. The number of alkyl halides is 3. The van der Waals surface area contributed by atoms with E-state index < -0.39 is 28.9 Å². The molecule has 11 heteroatoms. The molecule has 0 atom stereocenters. The van der Waals surface area contributed by atoms with E-state index in [0.717, 1.165) is 16.7 Å². The van der Waals surface area contributed by atoms with Crippen molar-refractivity contribution >= 4 is 23.0 Å². The molecule has 0 radical (unpaired) electrons. The van der Waals surface area contributed by atoms with Crippen LogP contribution in [0.1, 0.15) is 25.0 Å². The van der Waals surface area contributed by atoms with Crippen molar-refractivity contribution in [3.63, 3.8) is 0 Å². The molecule has 0 fully saturated rings. The molecule has 0 aliphatic carbocycles. The van der Waals surface area contributed by atoms with Gasteiger partial charge in [-0.15, -0.1) is 0 Å². The molecule has 1 aromatic carbocycles. The van der Waals surface area contributed by atoms with Crippen molar-refractivity contribution in [3.8, 4) is 0 Å². The van der Waals surface area contributed by atoms with Gasteiger partial charge < -0.3 is 0 Å². The molecule has 0 spiro atoms. The third-order valence-electron chi connectivity index (χ3n) is 4.11. The Labute approximate surface area is 155 Å². The number of hydrogen-bond donors (Lipinski definition) is 2. The molecule has 0 saturated carbocycles. The molecular weight excluding hydrogens is 379 g/mol. The first-order chi connectivity index (χ1) is 13.1. The summed E-state index contributed by atoms with van der Waals surface area (Å²) in [5, 5.41) is 2.43. The van der Waals surface area contributed by atoms with Gasteiger partial charge in [-0.25, -0.2) is 4.79 Å². The molecular formula is C17H16F3N5O3. The van der Waals surface area contributed by atoms with Crippen LogP contribution < -0.4 is 16.6 Å². The Kier molecular flexibility index (Phi) is 4.84. The lowest BCUT2D eigenvalue weighted by atomic mass is 10.1. The zero-order valence-corrected chi connectivity index (χ0v) is 14.9. The molecule has 2 heterocycles. The second-order valence-corrected chi connectivity index (χ2v) is 6.07. The summed E-state index contributed by atoms with van der Waals surface area (Å²) in [6.07, 6.45) is -4.46. The first kappa shape index (κ1) is 19.4. The lowest BCUT2D eigenvalue weighted by Gasteiger charge is -2.11. The monoisotopic (exact) mass is 395 g/mol. The van der Waals surface area contributed by atoms with Crippen LogP contribution in [0.15, 0.2) is 33.9 Å². The van der Waals surface area contributed by atoms with E-state index in [1.165, 1.54) is 23.6 Å². The molecule has 0 aliphatic rings. The van der Waals surface area contributed by atoms with Crippen LogP contribution in [0.3, 0.4) is 0 Å². The van der Waals surface area contributed by atoms with Crippen LogP contribution in [0, 0.1) is 0 Å². The van der Waals surface area contributed by atoms with Crippen LogP contribution in [-0.2, 0) is 24.1 Å². The summed E-state index contributed by atoms with van der Waals surface area (Å²) in [6.45, 7) is 3.01. The standard InChI is InChI=1S/C17H16F3N5O3/c1-3-24-14(27)12-13(22-15(24)21-9(2)26)23-16(28)25(12)8-10-4-6-11(7-5-10)17(18,19)20/h4-7H,3,8H2,1-2H3,(H,23,28)(H,21,22,26). The van der Waals surface area contributed by atoms with Gasteiger partial charge in [-0.1, -0.05) is 12.1 Å². The van der Waals surface area contributed by atoms with E-state index in [9.17, 15) is 27.6 Å². The Bertz CT molecular complexity index is 1160. The van der Waals surface area contributed by atoms with Gasteiger partial charge in [0, 0.05) is 13.5 Å². The van der Waals surface area contributed by atoms with Gasteiger partial charge in [-0.3, -0.25) is 29.0 Å². The number of rotatable bonds is 4. The van der Waals surface area contributed by atoms with Crippen molar-refractivity contribution in [2.24, 2.45) is 0 Å². The quantitative estimate of drug-likeness (QED) is 0.705. The van der Waals surface area contributed by atoms with E-state index in [4.69, 9.17) is 0 Å². The van der Waals surface area contributed by atoms with Gasteiger partial charge in [0.05, 0.1) is 12.1 Å². The molecule has 0 bridgehead atoms. The summed E-state index contributed by atoms with van der Waals surface area (Å²) in [4.78, 5) is 43.0. The number of imidazole rings is 1. The van der Waals surface area contributed by atoms with E-state index in [1.807, 2.05) is 0 Å². The molecule has 0 unspecified atom stereocenters. The normalized spacial score (nSPS) is 11.8. The lowest BCUT2D eigenvalue weighted by Crippen LogP contribution is -2.28. The van der Waals surface area contributed by atoms with Crippen LogP contribution in [0.4, 0.5) is 19.1 Å². The first-order valence-corrected chi connectivity index (χ1v) is 8.29. The Morgan fingerprint density at radius 3 is 2.36 bits per heavy atom. The zero-order valence-electron chi connectivity index (χ0n) is 14.9. The van der Waals surface area contributed by atoms with Gasteiger partial charge >= 0.3 is 11.9 Å². The number of fused-ring (bicyclic) bond motifs is 1. The zero-order chi connectivity index (χ0) is 20.6. The predicted octanol–water partition coefficient (Wildman–Crippen LogP) is 1.93. The minimum absolute atomic E-state index is 0.00423. The van der Waals surface area contributed by atoms with Crippen molar-refractivity contribution in [2.45, 2.75) is 33.1 Å². The highest BCUT2D eigenvalue weighted by Crippen LogP contribution is 2.29. The largest absolute Gasteiger partial charge is 0.416 e. The van der Waals surface area contributed by atoms with Crippen LogP contribution in [0.25, 0.3) is 11.2 Å². The minimum atomic E-state index is -4.46. The summed E-state index contributed by atoms with van der Waals surface area (Å²) >= 11 is 0. The summed E-state index contributed by atoms with van der Waals surface area (Å²) in [5.41, 5.74) is -1.64. The number of hydrogen-bond acceptors (Lipinski definition) is 4. The highest BCUT2D eigenvalue weighted by Gasteiger charge is 2.30. The van der Waals surface area contributed by atoms with Crippen LogP contribution in [-0.4, -0.2) is 25.0 Å². The van der Waals surface area contributed by atoms with Gasteiger partial charge in [0.1, 0.15) is 0 Å². The molecule has 3 rings (SSSR count). The van der Waals surface area contributed by atoms with E-state index >= 15 is 0 Å². The number of carbonyl (C=O) groups excluding carboxylic acids is 1. The fraction of sp³-hybridized carbons (Fsp3) is 0.294. The maximum absolute atomic E-state index is 12.8. The topological polar surface area (TPSA) is 102 Å². The van der Waals surface area contributed by atoms with E-state index in [0.29, 0.717) is 5.56 Å². The summed E-state index contributed by atoms with van der Waals surface area (Å²) < 4.78 is 40.4. The maximum Gasteiger partial charge on any atom is 0.416 e. The van der Waals surface area contributed by atoms with Crippen LogP contribution in [0.5, 0.6) is 0 Å². The van der Waals surface area contributed by atoms with Gasteiger partial charge in [0.2, 0.25) is 11.9 Å². The first-order valence-electron chi connectivity index (χ1n) is 8.29. The third-order valence-corrected chi connectivity index (χ3v) is 4.11. The predicted molar refractivity (Wildman–Crippen MR) is 95.1 cm³/mol. The molecule has 148 valence electrons. The van der Waals surface area contributed by atoms with Crippen molar-refractivity contribution in [1.29, 1.82) is 0 Å². The molecule has 28 heavy (non-hydrogen) atoms. The number of H-pyrrole nitrogens is 1. The average molecular weight is 395 g/mol. The number of benzene rings is 1. The fourth-order valence-corrected chi connectivity index (χ4v) is 2.82. The molecule has 0 saturated heterocycles. The second-order valence-electron chi connectivity index (χ2n) is 6.07. The number of aromatic nitrogens is 4. The number of anilines is 1. The van der Waals surface area contributed by atoms with E-state index in [-0.39, 0.29) is 30.2 Å². The van der Waals surface area contributed by atoms with Gasteiger partial charge in [0.25, 0.3) is 5.56 Å². The molecule has 0 aliphatic heterocycles. The van der Waals surface area contributed by atoms with E-state index in [2.05, 4.69) is 15.3 Å². The Hall–Kier alpha value is -3.37. The van der Waals surface area contributed by atoms with Gasteiger partial charge in [0.15, 0.2) is 11.2 Å². The fourth-order valence-electron chi connectivity index (χ4n) is 2.82. The second kappa shape index (κ2) is 6.98. The third kappa shape index (κ3) is 3.55. The minimum Gasteiger partial charge on any atom is -0.296 e. The highest BCUT2D eigenvalue weighted by molar-refractivity contribution is 5.87. The van der Waals surface area contributed by atoms with Crippen LogP contribution in [0.2, 0.25) is 0 Å². The molecule has 1 amide bonds. The maximum atomic E-state index is 12.8. The van der Waals surface area contributed by atoms with Gasteiger partial charge in [-0.2, -0.15) is 18.2 Å². The number of aromatic amines is 1. The summed E-state index contributed by atoms with van der Waals surface area (Å²) in [6, 6.07) is 4.30. The molecule has 2 aromatic heterocycles. The Morgan fingerprint density at radius 1 is 1.18 bits per heavy atom. The van der Waals surface area contributed by atoms with Crippen molar-refractivity contribution in [1.82, 2.24) is 19.1 Å². The number of nitrogens with one attached hydrogen (secondary N) is 2. The van der Waals surface area contributed by atoms with Crippen molar-refractivity contribution in [3.05, 3.63) is 56.2 Å². The van der Waals surface area contributed by atoms with Crippen LogP contribution >= 0.6 is 0 Å². The summed E-state index contributed by atoms with van der Waals surface area (Å²) in [7, 11) is 0. The smallest absolute Gasteiger partial charge is 0.296 e. The number of nitrogens with zero attached hydrogens (tertiary/aromatic N) is 3. The molecule has 8 nitrogen and oxygen atoms in total. The Balaban J connectivity index is 2.09. The number of carbonyl (C=O) groups is 1. The number of amides is 1. The summed E-state index contributed by atoms with van der Waals surface area (Å²) in [5.74, 6) is -0.435. The van der Waals surface area contributed by atoms with Crippen molar-refractivity contribution < 1.29 is 18.0 Å². The Morgan fingerprint density at radius 2 is 1.82 bits per heavy atom. The molecule has 3 aromatic rings. The number of halogens is 3. The van der Waals surface area contributed by atoms with Gasteiger partial charge in [-0.05, 0) is 24.6 Å².